The van der Waals surface area contributed by atoms with Crippen molar-refractivity contribution in [2.45, 2.75) is 20.0 Å². The highest BCUT2D eigenvalue weighted by atomic mass is 32.1. The number of thiophene rings is 1. The third-order valence-corrected chi connectivity index (χ3v) is 3.24. The van der Waals surface area contributed by atoms with Crippen LogP contribution >= 0.6 is 11.3 Å². The zero-order chi connectivity index (χ0) is 12.0. The molecule has 0 spiro atoms. The van der Waals surface area contributed by atoms with Gasteiger partial charge in [0.15, 0.2) is 0 Å². The summed E-state index contributed by atoms with van der Waals surface area (Å²) in [7, 11) is 1.65. The van der Waals surface area contributed by atoms with Crippen LogP contribution < -0.4 is 10.6 Å². The number of methoxy groups -OCH3 is 1. The molecular weight excluding hydrogens is 224 g/mol. The molecule has 0 aliphatic rings. The second kappa shape index (κ2) is 6.50. The van der Waals surface area contributed by atoms with Crippen LogP contribution in [0.1, 0.15) is 22.8 Å². The molecule has 1 heterocycles. The lowest BCUT2D eigenvalue weighted by molar-refractivity contribution is 0.107. The molecule has 90 valence electrons. The lowest BCUT2D eigenvalue weighted by Crippen LogP contribution is -2.37. The van der Waals surface area contributed by atoms with Crippen LogP contribution in [0.15, 0.2) is 12.1 Å². The van der Waals surface area contributed by atoms with E-state index in [0.29, 0.717) is 13.1 Å². The topological polar surface area (TPSA) is 50.4 Å². The number of amides is 2. The Kier molecular flexibility index (Phi) is 5.28. The summed E-state index contributed by atoms with van der Waals surface area (Å²) in [4.78, 5) is 13.6. The largest absolute Gasteiger partial charge is 0.374 e. The molecule has 1 aromatic rings. The predicted octanol–water partition coefficient (Wildman–Crippen LogP) is 2.06. The van der Waals surface area contributed by atoms with E-state index in [0.717, 1.165) is 4.88 Å². The smallest absolute Gasteiger partial charge is 0.314 e. The summed E-state index contributed by atoms with van der Waals surface area (Å²) in [6, 6.07) is 3.93. The minimum atomic E-state index is -0.155. The summed E-state index contributed by atoms with van der Waals surface area (Å²) in [6.07, 6.45) is -0.0682. The third kappa shape index (κ3) is 3.83. The number of hydrogen-bond acceptors (Lipinski definition) is 3. The van der Waals surface area contributed by atoms with Gasteiger partial charge in [0, 0.05) is 23.4 Å². The summed E-state index contributed by atoms with van der Waals surface area (Å²) in [6.45, 7) is 5.05. The van der Waals surface area contributed by atoms with E-state index in [2.05, 4.69) is 23.6 Å². The molecule has 0 aromatic carbocycles. The van der Waals surface area contributed by atoms with E-state index in [1.165, 1.54) is 4.88 Å². The Morgan fingerprint density at radius 1 is 1.50 bits per heavy atom. The van der Waals surface area contributed by atoms with Crippen molar-refractivity contribution in [3.05, 3.63) is 21.9 Å². The van der Waals surface area contributed by atoms with Crippen molar-refractivity contribution >= 4 is 17.4 Å². The molecule has 0 saturated carbocycles. The van der Waals surface area contributed by atoms with Gasteiger partial charge >= 0.3 is 6.03 Å². The highest BCUT2D eigenvalue weighted by molar-refractivity contribution is 7.12. The molecule has 1 aromatic heterocycles. The Labute approximate surface area is 100 Å². The Morgan fingerprint density at radius 2 is 2.25 bits per heavy atom. The minimum absolute atomic E-state index is 0.0682. The fourth-order valence-corrected chi connectivity index (χ4v) is 2.29. The van der Waals surface area contributed by atoms with E-state index in [9.17, 15) is 4.79 Å². The zero-order valence-corrected chi connectivity index (χ0v) is 10.7. The minimum Gasteiger partial charge on any atom is -0.374 e. The van der Waals surface area contributed by atoms with E-state index < -0.39 is 0 Å². The molecule has 0 bridgehead atoms. The van der Waals surface area contributed by atoms with Gasteiger partial charge in [-0.3, -0.25) is 0 Å². The van der Waals surface area contributed by atoms with E-state index in [1.54, 1.807) is 18.4 Å². The summed E-state index contributed by atoms with van der Waals surface area (Å²) < 4.78 is 5.35. The maximum atomic E-state index is 11.2. The van der Waals surface area contributed by atoms with Crippen LogP contribution in [0.3, 0.4) is 0 Å². The number of carbonyl (C=O) groups is 1. The van der Waals surface area contributed by atoms with E-state index in [1.807, 2.05) is 13.0 Å². The van der Waals surface area contributed by atoms with Crippen molar-refractivity contribution in [1.82, 2.24) is 10.6 Å². The van der Waals surface area contributed by atoms with Crippen LogP contribution in [-0.4, -0.2) is 26.2 Å². The first-order chi connectivity index (χ1) is 7.67. The van der Waals surface area contributed by atoms with Gasteiger partial charge in [0.1, 0.15) is 6.10 Å². The molecule has 0 aliphatic heterocycles. The van der Waals surface area contributed by atoms with Gasteiger partial charge in [0.2, 0.25) is 0 Å². The molecule has 0 saturated heterocycles. The Hall–Kier alpha value is -1.07. The van der Waals surface area contributed by atoms with Crippen LogP contribution in [0.25, 0.3) is 0 Å². The lowest BCUT2D eigenvalue weighted by Gasteiger charge is -2.14. The van der Waals surface area contributed by atoms with Crippen molar-refractivity contribution in [2.24, 2.45) is 0 Å². The van der Waals surface area contributed by atoms with E-state index >= 15 is 0 Å². The molecule has 0 radical (unpaired) electrons. The van der Waals surface area contributed by atoms with Gasteiger partial charge in [-0.25, -0.2) is 4.79 Å². The lowest BCUT2D eigenvalue weighted by atomic mass is 10.3. The number of nitrogens with one attached hydrogen (secondary N) is 2. The fraction of sp³-hybridized carbons (Fsp3) is 0.545. The molecule has 0 fully saturated rings. The van der Waals surface area contributed by atoms with Crippen LogP contribution in [0.4, 0.5) is 4.79 Å². The Bertz CT molecular complexity index is 338. The standard InChI is InChI=1S/C11H18N2O2S/c1-4-12-11(14)13-7-9(15-3)10-6-5-8(2)16-10/h5-6,9H,4,7H2,1-3H3,(H2,12,13,14). The maximum Gasteiger partial charge on any atom is 0.314 e. The zero-order valence-electron chi connectivity index (χ0n) is 9.87. The fourth-order valence-electron chi connectivity index (χ4n) is 1.34. The SMILES string of the molecule is CCNC(=O)NCC(OC)c1ccc(C)s1. The first-order valence-electron chi connectivity index (χ1n) is 5.28. The molecule has 0 aliphatic carbocycles. The monoisotopic (exact) mass is 242 g/mol. The van der Waals surface area contributed by atoms with Crippen molar-refractivity contribution in [3.63, 3.8) is 0 Å². The molecule has 4 nitrogen and oxygen atoms in total. The molecule has 16 heavy (non-hydrogen) atoms. The average Bonchev–Trinajstić information content (AvgIpc) is 2.66. The quantitative estimate of drug-likeness (QED) is 0.830. The van der Waals surface area contributed by atoms with Crippen LogP contribution in [-0.2, 0) is 4.74 Å². The van der Waals surface area contributed by atoms with Gasteiger partial charge in [-0.15, -0.1) is 11.3 Å². The first-order valence-corrected chi connectivity index (χ1v) is 6.09. The van der Waals surface area contributed by atoms with Crippen LogP contribution in [0.2, 0.25) is 0 Å². The van der Waals surface area contributed by atoms with Crippen molar-refractivity contribution in [3.8, 4) is 0 Å². The van der Waals surface area contributed by atoms with Gasteiger partial charge in [-0.1, -0.05) is 0 Å². The number of ether oxygens (including phenoxy) is 1. The molecular formula is C11H18N2O2S. The number of hydrogen-bond donors (Lipinski definition) is 2. The highest BCUT2D eigenvalue weighted by Crippen LogP contribution is 2.24. The predicted molar refractivity (Wildman–Crippen MR) is 65.9 cm³/mol. The summed E-state index contributed by atoms with van der Waals surface area (Å²) >= 11 is 1.69. The number of carbonyl (C=O) groups excluding carboxylic acids is 1. The van der Waals surface area contributed by atoms with Crippen LogP contribution in [0, 0.1) is 6.92 Å². The third-order valence-electron chi connectivity index (χ3n) is 2.15. The molecule has 1 atom stereocenters. The Morgan fingerprint density at radius 3 is 2.75 bits per heavy atom. The number of urea groups is 1. The van der Waals surface area contributed by atoms with Gasteiger partial charge in [0.25, 0.3) is 0 Å². The summed E-state index contributed by atoms with van der Waals surface area (Å²) in [5.74, 6) is 0. The maximum absolute atomic E-state index is 11.2. The van der Waals surface area contributed by atoms with Gasteiger partial charge in [-0.2, -0.15) is 0 Å². The van der Waals surface area contributed by atoms with Crippen molar-refractivity contribution in [2.75, 3.05) is 20.2 Å². The van der Waals surface area contributed by atoms with Crippen molar-refractivity contribution in [1.29, 1.82) is 0 Å². The Balaban J connectivity index is 2.46. The second-order valence-electron chi connectivity index (χ2n) is 3.41. The molecule has 2 N–H and O–H groups in total. The normalized spacial score (nSPS) is 12.2. The number of aryl methyl sites for hydroxylation is 1. The van der Waals surface area contributed by atoms with Gasteiger partial charge in [-0.05, 0) is 26.0 Å². The summed E-state index contributed by atoms with van der Waals surface area (Å²) in [5, 5.41) is 5.45. The van der Waals surface area contributed by atoms with Gasteiger partial charge in [0.05, 0.1) is 6.54 Å². The number of rotatable bonds is 5. The molecule has 1 rings (SSSR count). The second-order valence-corrected chi connectivity index (χ2v) is 4.73. The molecule has 1 unspecified atom stereocenters. The summed E-state index contributed by atoms with van der Waals surface area (Å²) in [5.41, 5.74) is 0. The molecule has 2 amide bonds. The molecule has 5 heteroatoms. The first kappa shape index (κ1) is 13.0. The van der Waals surface area contributed by atoms with E-state index in [4.69, 9.17) is 4.74 Å². The van der Waals surface area contributed by atoms with Crippen LogP contribution in [0.5, 0.6) is 0 Å². The highest BCUT2D eigenvalue weighted by Gasteiger charge is 2.13. The average molecular weight is 242 g/mol. The van der Waals surface area contributed by atoms with Crippen molar-refractivity contribution < 1.29 is 9.53 Å². The van der Waals surface area contributed by atoms with E-state index in [-0.39, 0.29) is 12.1 Å². The van der Waals surface area contributed by atoms with Gasteiger partial charge < -0.3 is 15.4 Å².